The van der Waals surface area contributed by atoms with E-state index in [9.17, 15) is 14.4 Å². The standard InChI is InChI=1S/C12H13BrN2O4/c13-8-4-2-1-3-7(8)11(17)15-9(12(18)19)5-6-10(14)16/h1-4,9H,5-6H2,(H2,14,16)(H,15,17)(H,18,19)/t9-/m0/s1. The van der Waals surface area contributed by atoms with Crippen molar-refractivity contribution in [1.29, 1.82) is 0 Å². The van der Waals surface area contributed by atoms with Gasteiger partial charge in [0.15, 0.2) is 0 Å². The Balaban J connectivity index is 2.74. The van der Waals surface area contributed by atoms with Crippen LogP contribution in [0.3, 0.4) is 0 Å². The molecule has 0 unspecified atom stereocenters. The first-order valence-corrected chi connectivity index (χ1v) is 6.27. The summed E-state index contributed by atoms with van der Waals surface area (Å²) in [6.07, 6.45) is -0.145. The molecule has 0 aliphatic carbocycles. The maximum atomic E-state index is 11.9. The summed E-state index contributed by atoms with van der Waals surface area (Å²) in [5.41, 5.74) is 5.28. The minimum atomic E-state index is -1.21. The Hall–Kier alpha value is -1.89. The van der Waals surface area contributed by atoms with Gasteiger partial charge < -0.3 is 16.2 Å². The first-order valence-electron chi connectivity index (χ1n) is 5.48. The lowest BCUT2D eigenvalue weighted by Crippen LogP contribution is -2.41. The molecule has 0 aliphatic heterocycles. The number of amides is 2. The number of carboxylic acid groups (broad SMARTS) is 1. The van der Waals surface area contributed by atoms with E-state index in [0.29, 0.717) is 10.0 Å². The zero-order valence-electron chi connectivity index (χ0n) is 9.93. The lowest BCUT2D eigenvalue weighted by Gasteiger charge is -2.14. The average molecular weight is 329 g/mol. The van der Waals surface area contributed by atoms with Crippen molar-refractivity contribution in [3.05, 3.63) is 34.3 Å². The lowest BCUT2D eigenvalue weighted by atomic mass is 10.1. The van der Waals surface area contributed by atoms with Crippen LogP contribution in [0.4, 0.5) is 0 Å². The molecule has 0 heterocycles. The highest BCUT2D eigenvalue weighted by atomic mass is 79.9. The van der Waals surface area contributed by atoms with E-state index in [-0.39, 0.29) is 12.8 Å². The molecule has 0 bridgehead atoms. The number of carbonyl (C=O) groups is 3. The van der Waals surface area contributed by atoms with Crippen LogP contribution in [-0.4, -0.2) is 28.9 Å². The molecule has 6 nitrogen and oxygen atoms in total. The fourth-order valence-corrected chi connectivity index (χ4v) is 1.89. The molecule has 0 saturated heterocycles. The minimum Gasteiger partial charge on any atom is -0.480 e. The molecule has 4 N–H and O–H groups in total. The number of hydrogen-bond acceptors (Lipinski definition) is 3. The lowest BCUT2D eigenvalue weighted by molar-refractivity contribution is -0.139. The van der Waals surface area contributed by atoms with Crippen molar-refractivity contribution < 1.29 is 19.5 Å². The van der Waals surface area contributed by atoms with Crippen LogP contribution in [0.2, 0.25) is 0 Å². The Morgan fingerprint density at radius 2 is 1.95 bits per heavy atom. The number of benzene rings is 1. The fraction of sp³-hybridized carbons (Fsp3) is 0.250. The molecule has 102 valence electrons. The smallest absolute Gasteiger partial charge is 0.326 e. The van der Waals surface area contributed by atoms with Gasteiger partial charge in [-0.25, -0.2) is 4.79 Å². The van der Waals surface area contributed by atoms with Crippen molar-refractivity contribution in [3.63, 3.8) is 0 Å². The second-order valence-corrected chi connectivity index (χ2v) is 4.70. The summed E-state index contributed by atoms with van der Waals surface area (Å²) in [4.78, 5) is 33.5. The Bertz CT molecular complexity index is 504. The van der Waals surface area contributed by atoms with E-state index < -0.39 is 23.8 Å². The van der Waals surface area contributed by atoms with E-state index >= 15 is 0 Å². The molecule has 0 aliphatic rings. The molecule has 1 rings (SSSR count). The van der Waals surface area contributed by atoms with E-state index in [0.717, 1.165) is 0 Å². The van der Waals surface area contributed by atoms with Gasteiger partial charge in [-0.05, 0) is 34.5 Å². The number of hydrogen-bond donors (Lipinski definition) is 3. The largest absolute Gasteiger partial charge is 0.480 e. The molecule has 0 fully saturated rings. The first-order chi connectivity index (χ1) is 8.91. The Morgan fingerprint density at radius 1 is 1.32 bits per heavy atom. The maximum Gasteiger partial charge on any atom is 0.326 e. The van der Waals surface area contributed by atoms with Gasteiger partial charge in [0.25, 0.3) is 5.91 Å². The first kappa shape index (κ1) is 15.2. The predicted octanol–water partition coefficient (Wildman–Crippen LogP) is 0.898. The molecular weight excluding hydrogens is 316 g/mol. The third-order valence-corrected chi connectivity index (χ3v) is 3.09. The number of nitrogens with one attached hydrogen (secondary N) is 1. The number of halogens is 1. The molecule has 1 aromatic carbocycles. The van der Waals surface area contributed by atoms with Gasteiger partial charge >= 0.3 is 5.97 Å². The molecule has 0 aromatic heterocycles. The molecule has 1 atom stereocenters. The van der Waals surface area contributed by atoms with E-state index in [1.165, 1.54) is 0 Å². The third kappa shape index (κ3) is 4.70. The molecule has 0 radical (unpaired) electrons. The fourth-order valence-electron chi connectivity index (χ4n) is 1.43. The van der Waals surface area contributed by atoms with Gasteiger partial charge in [0.2, 0.25) is 5.91 Å². The molecule has 1 aromatic rings. The minimum absolute atomic E-state index is 0.0408. The van der Waals surface area contributed by atoms with Crippen LogP contribution >= 0.6 is 15.9 Å². The zero-order chi connectivity index (χ0) is 14.4. The van der Waals surface area contributed by atoms with Crippen molar-refractivity contribution in [3.8, 4) is 0 Å². The Morgan fingerprint density at radius 3 is 2.47 bits per heavy atom. The highest BCUT2D eigenvalue weighted by Crippen LogP contribution is 2.16. The third-order valence-electron chi connectivity index (χ3n) is 2.40. The summed E-state index contributed by atoms with van der Waals surface area (Å²) in [6.45, 7) is 0. The van der Waals surface area contributed by atoms with E-state index in [1.807, 2.05) is 0 Å². The summed E-state index contributed by atoms with van der Waals surface area (Å²) in [5, 5.41) is 11.3. The van der Waals surface area contributed by atoms with Crippen LogP contribution in [0.15, 0.2) is 28.7 Å². The molecule has 0 saturated carbocycles. The van der Waals surface area contributed by atoms with E-state index in [1.54, 1.807) is 24.3 Å². The Labute approximate surface area is 118 Å². The summed E-state index contributed by atoms with van der Waals surface area (Å²) in [5.74, 6) is -2.34. The Kier molecular flexibility index (Phi) is 5.50. The van der Waals surface area contributed by atoms with Crippen molar-refractivity contribution in [1.82, 2.24) is 5.32 Å². The number of primary amides is 1. The van der Waals surface area contributed by atoms with Crippen LogP contribution < -0.4 is 11.1 Å². The second-order valence-electron chi connectivity index (χ2n) is 3.85. The molecule has 19 heavy (non-hydrogen) atoms. The molecule has 7 heteroatoms. The number of rotatable bonds is 6. The highest BCUT2D eigenvalue weighted by molar-refractivity contribution is 9.10. The van der Waals surface area contributed by atoms with Crippen LogP contribution in [0.25, 0.3) is 0 Å². The summed E-state index contributed by atoms with van der Waals surface area (Å²) >= 11 is 3.20. The van der Waals surface area contributed by atoms with Gasteiger partial charge in [-0.1, -0.05) is 12.1 Å². The maximum absolute atomic E-state index is 11.9. The van der Waals surface area contributed by atoms with Gasteiger partial charge in [0.05, 0.1) is 5.56 Å². The van der Waals surface area contributed by atoms with Crippen molar-refractivity contribution in [2.45, 2.75) is 18.9 Å². The number of aliphatic carboxylic acids is 1. The van der Waals surface area contributed by atoms with Crippen LogP contribution in [0.5, 0.6) is 0 Å². The average Bonchev–Trinajstić information content (AvgIpc) is 2.34. The molecule has 2 amide bonds. The number of nitrogens with two attached hydrogens (primary N) is 1. The molecular formula is C12H13BrN2O4. The van der Waals surface area contributed by atoms with Crippen molar-refractivity contribution in [2.24, 2.45) is 5.73 Å². The van der Waals surface area contributed by atoms with E-state index in [2.05, 4.69) is 21.2 Å². The van der Waals surface area contributed by atoms with Gasteiger partial charge in [-0.3, -0.25) is 9.59 Å². The van der Waals surface area contributed by atoms with Crippen molar-refractivity contribution >= 4 is 33.7 Å². The number of carboxylic acids is 1. The quantitative estimate of drug-likeness (QED) is 0.720. The second kappa shape index (κ2) is 6.89. The van der Waals surface area contributed by atoms with Gasteiger partial charge in [-0.2, -0.15) is 0 Å². The van der Waals surface area contributed by atoms with E-state index in [4.69, 9.17) is 10.8 Å². The van der Waals surface area contributed by atoms with Crippen LogP contribution in [-0.2, 0) is 9.59 Å². The van der Waals surface area contributed by atoms with Crippen LogP contribution in [0, 0.1) is 0 Å². The summed E-state index contributed by atoms with van der Waals surface area (Å²) in [6, 6.07) is 5.49. The molecule has 0 spiro atoms. The zero-order valence-corrected chi connectivity index (χ0v) is 11.5. The van der Waals surface area contributed by atoms with Gasteiger partial charge in [0.1, 0.15) is 6.04 Å². The topological polar surface area (TPSA) is 109 Å². The predicted molar refractivity (Wildman–Crippen MR) is 71.5 cm³/mol. The van der Waals surface area contributed by atoms with Gasteiger partial charge in [-0.15, -0.1) is 0 Å². The summed E-state index contributed by atoms with van der Waals surface area (Å²) in [7, 11) is 0. The monoisotopic (exact) mass is 328 g/mol. The van der Waals surface area contributed by atoms with Gasteiger partial charge in [0, 0.05) is 10.9 Å². The highest BCUT2D eigenvalue weighted by Gasteiger charge is 2.21. The normalized spacial score (nSPS) is 11.6. The SMILES string of the molecule is NC(=O)CC[C@H](NC(=O)c1ccccc1Br)C(=O)O. The summed E-state index contributed by atoms with van der Waals surface area (Å²) < 4.78 is 0.562. The van der Waals surface area contributed by atoms with Crippen molar-refractivity contribution in [2.75, 3.05) is 0 Å². The van der Waals surface area contributed by atoms with Crippen LogP contribution in [0.1, 0.15) is 23.2 Å². The number of carbonyl (C=O) groups excluding carboxylic acids is 2.